The molecule has 1 rings (SSSR count). The van der Waals surface area contributed by atoms with Crippen molar-refractivity contribution in [3.63, 3.8) is 0 Å². The van der Waals surface area contributed by atoms with Gasteiger partial charge in [-0.2, -0.15) is 0 Å². The van der Waals surface area contributed by atoms with E-state index in [2.05, 4.69) is 22.8 Å². The van der Waals surface area contributed by atoms with Crippen molar-refractivity contribution in [2.24, 2.45) is 5.73 Å². The van der Waals surface area contributed by atoms with E-state index in [0.717, 1.165) is 24.8 Å². The summed E-state index contributed by atoms with van der Waals surface area (Å²) in [6.45, 7) is 6.64. The predicted molar refractivity (Wildman–Crippen MR) is 126 cm³/mol. The van der Waals surface area contributed by atoms with Gasteiger partial charge in [0, 0.05) is 20.1 Å². The molecule has 0 saturated heterocycles. The van der Waals surface area contributed by atoms with Gasteiger partial charge in [-0.05, 0) is 57.6 Å². The Balaban J connectivity index is 2.37. The van der Waals surface area contributed by atoms with Gasteiger partial charge >= 0.3 is 6.09 Å². The van der Waals surface area contributed by atoms with Gasteiger partial charge in [0.25, 0.3) is 0 Å². The maximum atomic E-state index is 12.0. The number of ether oxygens (including phenoxy) is 3. The van der Waals surface area contributed by atoms with E-state index in [1.807, 2.05) is 12.1 Å². The third-order valence-electron chi connectivity index (χ3n) is 4.59. The monoisotopic (exact) mass is 465 g/mol. The molecule has 9 nitrogen and oxygen atoms in total. The topological polar surface area (TPSA) is 129 Å². The molecule has 33 heavy (non-hydrogen) atoms. The largest absolute Gasteiger partial charge is 0.444 e. The maximum absolute atomic E-state index is 12.0. The van der Waals surface area contributed by atoms with Crippen LogP contribution in [0, 0.1) is 0 Å². The van der Waals surface area contributed by atoms with E-state index in [1.54, 1.807) is 27.8 Å². The lowest BCUT2D eigenvalue weighted by Crippen LogP contribution is -2.42. The zero-order chi connectivity index (χ0) is 24.7. The molecule has 0 spiro atoms. The Hall–Kier alpha value is -2.65. The number of primary amides is 1. The van der Waals surface area contributed by atoms with Crippen molar-refractivity contribution in [1.82, 2.24) is 10.6 Å². The van der Waals surface area contributed by atoms with Crippen LogP contribution in [-0.4, -0.2) is 56.4 Å². The number of carbonyl (C=O) groups is 3. The Morgan fingerprint density at radius 2 is 1.70 bits per heavy atom. The van der Waals surface area contributed by atoms with Crippen LogP contribution in [0.1, 0.15) is 57.6 Å². The standard InChI is InChI=1S/C24H39N3O6/c1-24(2,3)33-23(30)27-20(12-13-21(25)28)16-32-15-19-10-8-18(9-11-19)7-5-6-14-31-17-22(29)26-4/h8-11,20H,5-7,12-17H2,1-4H3,(H2,25,28)(H,26,29)(H,27,30). The molecule has 3 amide bonds. The first-order chi connectivity index (χ1) is 15.6. The minimum atomic E-state index is -0.612. The second kappa shape index (κ2) is 15.2. The summed E-state index contributed by atoms with van der Waals surface area (Å²) in [7, 11) is 1.59. The number of aryl methyl sites for hydroxylation is 1. The minimum Gasteiger partial charge on any atom is -0.444 e. The third-order valence-corrected chi connectivity index (χ3v) is 4.59. The van der Waals surface area contributed by atoms with Crippen molar-refractivity contribution >= 4 is 17.9 Å². The van der Waals surface area contributed by atoms with E-state index in [9.17, 15) is 14.4 Å². The second-order valence-electron chi connectivity index (χ2n) is 8.86. The molecule has 0 heterocycles. The number of unbranched alkanes of at least 4 members (excludes halogenated alkanes) is 1. The number of nitrogens with two attached hydrogens (primary N) is 1. The molecule has 0 aliphatic heterocycles. The fraction of sp³-hybridized carbons (Fsp3) is 0.625. The van der Waals surface area contributed by atoms with Crippen molar-refractivity contribution < 1.29 is 28.6 Å². The lowest BCUT2D eigenvalue weighted by Gasteiger charge is -2.23. The molecular weight excluding hydrogens is 426 g/mol. The Morgan fingerprint density at radius 3 is 2.30 bits per heavy atom. The second-order valence-corrected chi connectivity index (χ2v) is 8.86. The first kappa shape index (κ1) is 28.4. The van der Waals surface area contributed by atoms with E-state index in [4.69, 9.17) is 19.9 Å². The zero-order valence-corrected chi connectivity index (χ0v) is 20.3. The molecule has 0 aliphatic rings. The fourth-order valence-electron chi connectivity index (χ4n) is 2.88. The maximum Gasteiger partial charge on any atom is 0.407 e. The molecule has 1 aromatic carbocycles. The number of hydrogen-bond acceptors (Lipinski definition) is 6. The van der Waals surface area contributed by atoms with E-state index in [-0.39, 0.29) is 31.6 Å². The third kappa shape index (κ3) is 14.9. The number of hydrogen-bond donors (Lipinski definition) is 3. The number of rotatable bonds is 15. The van der Waals surface area contributed by atoms with E-state index < -0.39 is 17.6 Å². The molecule has 0 bridgehead atoms. The molecule has 1 unspecified atom stereocenters. The van der Waals surface area contributed by atoms with Crippen molar-refractivity contribution in [2.75, 3.05) is 26.9 Å². The first-order valence-electron chi connectivity index (χ1n) is 11.3. The van der Waals surface area contributed by atoms with Gasteiger partial charge in [0.2, 0.25) is 11.8 Å². The number of alkyl carbamates (subject to hydrolysis) is 1. The number of carbonyl (C=O) groups excluding carboxylic acids is 3. The smallest absolute Gasteiger partial charge is 0.407 e. The lowest BCUT2D eigenvalue weighted by molar-refractivity contribution is -0.125. The summed E-state index contributed by atoms with van der Waals surface area (Å²) in [4.78, 5) is 34.2. The Bertz CT molecular complexity index is 731. The fourth-order valence-corrected chi connectivity index (χ4v) is 2.88. The van der Waals surface area contributed by atoms with Crippen LogP contribution in [0.2, 0.25) is 0 Å². The molecule has 0 saturated carbocycles. The number of likely N-dealkylation sites (N-methyl/N-ethyl adjacent to an activating group) is 1. The van der Waals surface area contributed by atoms with E-state index in [1.165, 1.54) is 5.56 Å². The van der Waals surface area contributed by atoms with Gasteiger partial charge < -0.3 is 30.6 Å². The van der Waals surface area contributed by atoms with Crippen LogP contribution >= 0.6 is 0 Å². The van der Waals surface area contributed by atoms with Crippen LogP contribution in [0.3, 0.4) is 0 Å². The van der Waals surface area contributed by atoms with Crippen LogP contribution in [0.4, 0.5) is 4.79 Å². The van der Waals surface area contributed by atoms with Gasteiger partial charge in [-0.25, -0.2) is 4.79 Å². The van der Waals surface area contributed by atoms with Crippen molar-refractivity contribution in [3.05, 3.63) is 35.4 Å². The first-order valence-corrected chi connectivity index (χ1v) is 11.3. The van der Waals surface area contributed by atoms with Crippen LogP contribution in [0.5, 0.6) is 0 Å². The summed E-state index contributed by atoms with van der Waals surface area (Å²) in [5, 5.41) is 5.26. The average molecular weight is 466 g/mol. The minimum absolute atomic E-state index is 0.0991. The number of nitrogens with one attached hydrogen (secondary N) is 2. The van der Waals surface area contributed by atoms with Crippen LogP contribution in [-0.2, 0) is 36.8 Å². The molecule has 1 atom stereocenters. The van der Waals surface area contributed by atoms with Gasteiger partial charge in [-0.1, -0.05) is 24.3 Å². The highest BCUT2D eigenvalue weighted by Gasteiger charge is 2.20. The molecule has 9 heteroatoms. The highest BCUT2D eigenvalue weighted by Crippen LogP contribution is 2.11. The molecule has 186 valence electrons. The van der Waals surface area contributed by atoms with Gasteiger partial charge in [0.05, 0.1) is 19.3 Å². The molecule has 0 radical (unpaired) electrons. The highest BCUT2D eigenvalue weighted by atomic mass is 16.6. The van der Waals surface area contributed by atoms with Gasteiger partial charge in [0.1, 0.15) is 12.2 Å². The predicted octanol–water partition coefficient (Wildman–Crippen LogP) is 2.45. The number of benzene rings is 1. The molecule has 1 aromatic rings. The summed E-state index contributed by atoms with van der Waals surface area (Å²) in [6, 6.07) is 7.77. The molecule has 0 aliphatic carbocycles. The van der Waals surface area contributed by atoms with Crippen molar-refractivity contribution in [2.45, 2.75) is 71.1 Å². The Labute approximate surface area is 196 Å². The van der Waals surface area contributed by atoms with Crippen LogP contribution in [0.15, 0.2) is 24.3 Å². The van der Waals surface area contributed by atoms with E-state index in [0.29, 0.717) is 19.6 Å². The zero-order valence-electron chi connectivity index (χ0n) is 20.3. The highest BCUT2D eigenvalue weighted by molar-refractivity contribution is 5.76. The lowest BCUT2D eigenvalue weighted by atomic mass is 10.1. The summed E-state index contributed by atoms with van der Waals surface area (Å²) in [5.74, 6) is -0.549. The summed E-state index contributed by atoms with van der Waals surface area (Å²) >= 11 is 0. The summed E-state index contributed by atoms with van der Waals surface area (Å²) < 4.78 is 16.3. The average Bonchev–Trinajstić information content (AvgIpc) is 2.73. The van der Waals surface area contributed by atoms with Crippen molar-refractivity contribution in [1.29, 1.82) is 0 Å². The Morgan fingerprint density at radius 1 is 1.03 bits per heavy atom. The SMILES string of the molecule is CNC(=O)COCCCCc1ccc(COCC(CCC(N)=O)NC(=O)OC(C)(C)C)cc1. The van der Waals surface area contributed by atoms with Gasteiger partial charge in [-0.3, -0.25) is 9.59 Å². The molecule has 0 aromatic heterocycles. The summed E-state index contributed by atoms with van der Waals surface area (Å²) in [6.07, 6.45) is 2.76. The van der Waals surface area contributed by atoms with Crippen molar-refractivity contribution in [3.8, 4) is 0 Å². The molecular formula is C24H39N3O6. The van der Waals surface area contributed by atoms with Crippen LogP contribution in [0.25, 0.3) is 0 Å². The number of amides is 3. The van der Waals surface area contributed by atoms with E-state index >= 15 is 0 Å². The van der Waals surface area contributed by atoms with Gasteiger partial charge in [-0.15, -0.1) is 0 Å². The van der Waals surface area contributed by atoms with Gasteiger partial charge in [0.15, 0.2) is 0 Å². The molecule has 0 fully saturated rings. The quantitative estimate of drug-likeness (QED) is 0.341. The normalized spacial score (nSPS) is 12.1. The molecule has 4 N–H and O–H groups in total. The Kier molecular flexibility index (Phi) is 13.1. The van der Waals surface area contributed by atoms with Crippen LogP contribution < -0.4 is 16.4 Å². The summed E-state index contributed by atoms with van der Waals surface area (Å²) in [5.41, 5.74) is 6.86.